The zero-order chi connectivity index (χ0) is 21.6. The molecule has 10 heteroatoms. The molecule has 3 aromatic rings. The summed E-state index contributed by atoms with van der Waals surface area (Å²) in [6.07, 6.45) is -0.785. The van der Waals surface area contributed by atoms with Crippen LogP contribution in [0.15, 0.2) is 52.4 Å². The minimum atomic E-state index is -2.87. The van der Waals surface area contributed by atoms with Crippen molar-refractivity contribution in [2.24, 2.45) is 10.7 Å². The van der Waals surface area contributed by atoms with Crippen LogP contribution in [0.1, 0.15) is 23.1 Å². The van der Waals surface area contributed by atoms with E-state index in [2.05, 4.69) is 9.98 Å². The molecule has 0 radical (unpaired) electrons. The summed E-state index contributed by atoms with van der Waals surface area (Å²) < 4.78 is 56.1. The summed E-state index contributed by atoms with van der Waals surface area (Å²) in [5.41, 5.74) is 3.35. The number of rotatable bonds is 4. The maximum Gasteiger partial charge on any atom is 0.266 e. The highest BCUT2D eigenvalue weighted by atomic mass is 32.1. The number of aromatic nitrogens is 1. The molecule has 1 amide bonds. The van der Waals surface area contributed by atoms with Gasteiger partial charge in [0.2, 0.25) is 0 Å². The number of pyridine rings is 1. The molecular weight excluding hydrogens is 420 g/mol. The summed E-state index contributed by atoms with van der Waals surface area (Å²) in [5, 5.41) is 3.38. The lowest BCUT2D eigenvalue weighted by Crippen LogP contribution is -2.41. The van der Waals surface area contributed by atoms with Gasteiger partial charge in [-0.15, -0.1) is 0 Å². The number of aliphatic imine (C=N–C) groups is 1. The number of nitrogens with zero attached hydrogens (tertiary/aromatic N) is 3. The number of likely N-dealkylation sites (N-methyl/N-ethyl adjacent to an activating group) is 1. The van der Waals surface area contributed by atoms with E-state index in [1.165, 1.54) is 18.4 Å². The first-order chi connectivity index (χ1) is 14.3. The SMILES string of the molecule is CN1C(=O)C(c2cncc(C(F)F)c2)(c2cc(-c3ccsc3)c(F)cc2F)N=C1N. The number of alkyl halides is 2. The minimum Gasteiger partial charge on any atom is -0.369 e. The monoisotopic (exact) mass is 434 g/mol. The predicted octanol–water partition coefficient (Wildman–Crippen LogP) is 4.06. The summed E-state index contributed by atoms with van der Waals surface area (Å²) >= 11 is 1.31. The van der Waals surface area contributed by atoms with Crippen LogP contribution >= 0.6 is 11.3 Å². The number of nitrogens with two attached hydrogens (primary N) is 1. The minimum absolute atomic E-state index is 0.0427. The molecule has 1 unspecified atom stereocenters. The highest BCUT2D eigenvalue weighted by molar-refractivity contribution is 7.08. The Labute approximate surface area is 172 Å². The van der Waals surface area contributed by atoms with Gasteiger partial charge in [-0.05, 0) is 34.5 Å². The lowest BCUT2D eigenvalue weighted by atomic mass is 9.81. The third kappa shape index (κ3) is 2.95. The average molecular weight is 434 g/mol. The Morgan fingerprint density at radius 1 is 1.17 bits per heavy atom. The number of thiophene rings is 1. The topological polar surface area (TPSA) is 71.6 Å². The number of benzene rings is 1. The largest absolute Gasteiger partial charge is 0.369 e. The van der Waals surface area contributed by atoms with Crippen LogP contribution in [0.3, 0.4) is 0 Å². The molecule has 2 aromatic heterocycles. The Balaban J connectivity index is 2.03. The van der Waals surface area contributed by atoms with Gasteiger partial charge in [-0.3, -0.25) is 14.7 Å². The van der Waals surface area contributed by atoms with Gasteiger partial charge in [-0.1, -0.05) is 0 Å². The van der Waals surface area contributed by atoms with E-state index in [0.29, 0.717) is 11.6 Å². The third-order valence-corrected chi connectivity index (χ3v) is 5.63. The highest BCUT2D eigenvalue weighted by Gasteiger charge is 2.51. The molecule has 0 aliphatic carbocycles. The molecule has 1 atom stereocenters. The number of hydrogen-bond donors (Lipinski definition) is 1. The van der Waals surface area contributed by atoms with Crippen LogP contribution in [0.25, 0.3) is 11.1 Å². The highest BCUT2D eigenvalue weighted by Crippen LogP contribution is 2.43. The van der Waals surface area contributed by atoms with Crippen molar-refractivity contribution in [2.45, 2.75) is 12.0 Å². The molecule has 0 saturated heterocycles. The van der Waals surface area contributed by atoms with Gasteiger partial charge in [0.25, 0.3) is 12.3 Å². The zero-order valence-electron chi connectivity index (χ0n) is 15.4. The molecule has 1 aromatic carbocycles. The van der Waals surface area contributed by atoms with Crippen LogP contribution < -0.4 is 5.73 Å². The van der Waals surface area contributed by atoms with Gasteiger partial charge in [-0.2, -0.15) is 11.3 Å². The van der Waals surface area contributed by atoms with Crippen LogP contribution in [0.4, 0.5) is 17.6 Å². The van der Waals surface area contributed by atoms with Crippen molar-refractivity contribution in [1.82, 2.24) is 9.88 Å². The second-order valence-electron chi connectivity index (χ2n) is 6.68. The Hall–Kier alpha value is -3.27. The fraction of sp³-hybridized carbons (Fsp3) is 0.150. The Morgan fingerprint density at radius 3 is 2.53 bits per heavy atom. The third-order valence-electron chi connectivity index (χ3n) is 4.95. The fourth-order valence-electron chi connectivity index (χ4n) is 3.40. The summed E-state index contributed by atoms with van der Waals surface area (Å²) in [6, 6.07) is 4.47. The molecular formula is C20H14F4N4OS. The van der Waals surface area contributed by atoms with Crippen molar-refractivity contribution in [3.05, 3.63) is 75.7 Å². The standard InChI is InChI=1S/C20H14F4N4OS/c1-28-18(29)20(27-19(28)25,12-4-11(17(23)24)7-26-8-12)14-5-13(10-2-3-30-9-10)15(21)6-16(14)22/h2-9,17H,1H3,(H2,25,27). The normalized spacial score (nSPS) is 18.9. The molecule has 30 heavy (non-hydrogen) atoms. The number of carbonyl (C=O) groups excluding carboxylic acids is 1. The van der Waals surface area contributed by atoms with Crippen molar-refractivity contribution < 1.29 is 22.4 Å². The molecule has 0 fully saturated rings. The molecule has 4 rings (SSSR count). The molecule has 2 N–H and O–H groups in total. The second-order valence-corrected chi connectivity index (χ2v) is 7.46. The smallest absolute Gasteiger partial charge is 0.266 e. The van der Waals surface area contributed by atoms with Gasteiger partial charge in [0, 0.05) is 47.8 Å². The van der Waals surface area contributed by atoms with Gasteiger partial charge < -0.3 is 5.73 Å². The lowest BCUT2D eigenvalue weighted by molar-refractivity contribution is -0.129. The molecule has 1 aliphatic rings. The van der Waals surface area contributed by atoms with Gasteiger partial charge >= 0.3 is 0 Å². The van der Waals surface area contributed by atoms with Crippen LogP contribution in [0, 0.1) is 11.6 Å². The molecule has 1 aliphatic heterocycles. The van der Waals surface area contributed by atoms with E-state index in [1.807, 2.05) is 0 Å². The number of amides is 1. The fourth-order valence-corrected chi connectivity index (χ4v) is 4.06. The van der Waals surface area contributed by atoms with Crippen LogP contribution in [-0.4, -0.2) is 28.8 Å². The van der Waals surface area contributed by atoms with E-state index in [-0.39, 0.29) is 22.6 Å². The maximum absolute atomic E-state index is 15.1. The first kappa shape index (κ1) is 20.0. The van der Waals surface area contributed by atoms with Gasteiger partial charge in [0.05, 0.1) is 0 Å². The summed E-state index contributed by atoms with van der Waals surface area (Å²) in [5.74, 6) is -2.90. The van der Waals surface area contributed by atoms with Gasteiger partial charge in [0.1, 0.15) is 11.6 Å². The number of carbonyl (C=O) groups is 1. The van der Waals surface area contributed by atoms with Crippen LogP contribution in [0.5, 0.6) is 0 Å². The van der Waals surface area contributed by atoms with E-state index < -0.39 is 35.1 Å². The second kappa shape index (κ2) is 7.21. The molecule has 0 bridgehead atoms. The Kier molecular flexibility index (Phi) is 4.81. The first-order valence-electron chi connectivity index (χ1n) is 8.65. The molecule has 3 heterocycles. The lowest BCUT2D eigenvalue weighted by Gasteiger charge is -2.27. The molecule has 154 valence electrons. The van der Waals surface area contributed by atoms with Gasteiger partial charge in [0.15, 0.2) is 11.5 Å². The van der Waals surface area contributed by atoms with Crippen molar-refractivity contribution in [1.29, 1.82) is 0 Å². The van der Waals surface area contributed by atoms with Crippen LogP contribution in [0.2, 0.25) is 0 Å². The van der Waals surface area contributed by atoms with E-state index in [4.69, 9.17) is 5.73 Å². The van der Waals surface area contributed by atoms with Crippen molar-refractivity contribution in [3.8, 4) is 11.1 Å². The zero-order valence-corrected chi connectivity index (χ0v) is 16.3. The predicted molar refractivity (Wildman–Crippen MR) is 104 cm³/mol. The summed E-state index contributed by atoms with van der Waals surface area (Å²) in [7, 11) is 1.33. The maximum atomic E-state index is 15.1. The first-order valence-corrected chi connectivity index (χ1v) is 9.59. The average Bonchev–Trinajstić information content (AvgIpc) is 3.32. The number of halogens is 4. The quantitative estimate of drug-likeness (QED) is 0.630. The summed E-state index contributed by atoms with van der Waals surface area (Å²) in [6.45, 7) is 0. The van der Waals surface area contributed by atoms with Crippen LogP contribution in [-0.2, 0) is 10.3 Å². The van der Waals surface area contributed by atoms with E-state index in [9.17, 15) is 18.0 Å². The van der Waals surface area contributed by atoms with Crippen molar-refractivity contribution in [2.75, 3.05) is 7.05 Å². The van der Waals surface area contributed by atoms with Crippen molar-refractivity contribution in [3.63, 3.8) is 0 Å². The molecule has 5 nitrogen and oxygen atoms in total. The summed E-state index contributed by atoms with van der Waals surface area (Å²) in [4.78, 5) is 22.1. The number of guanidine groups is 1. The van der Waals surface area contributed by atoms with E-state index >= 15 is 4.39 Å². The van der Waals surface area contributed by atoms with Gasteiger partial charge in [-0.25, -0.2) is 22.6 Å². The van der Waals surface area contributed by atoms with E-state index in [0.717, 1.165) is 29.4 Å². The van der Waals surface area contributed by atoms with E-state index in [1.54, 1.807) is 16.8 Å². The molecule has 0 saturated carbocycles. The van der Waals surface area contributed by atoms with Crippen molar-refractivity contribution >= 4 is 23.2 Å². The Bertz CT molecular complexity index is 1170. The molecule has 0 spiro atoms. The number of hydrogen-bond acceptors (Lipinski definition) is 5. The Morgan fingerprint density at radius 2 is 1.93 bits per heavy atom.